The number of rotatable bonds is 4. The Balaban J connectivity index is 1.92. The molecule has 2 saturated carbocycles. The standard InChI is InChI=1S/C16H20FNO/c17-10-11-18-14(19)16(13-6-2-1-3-7-13)12-15(16)8-4-5-9-15/h1-3,6-7H,4-5,8-12H2,(H,18,19)/t16-/m1/s1. The van der Waals surface area contributed by atoms with E-state index in [0.717, 1.165) is 24.8 Å². The highest BCUT2D eigenvalue weighted by Crippen LogP contribution is 2.72. The molecule has 0 aromatic heterocycles. The Labute approximate surface area is 113 Å². The molecule has 0 saturated heterocycles. The second kappa shape index (κ2) is 4.62. The highest BCUT2D eigenvalue weighted by molar-refractivity contribution is 5.93. The summed E-state index contributed by atoms with van der Waals surface area (Å²) in [5.41, 5.74) is 0.863. The number of nitrogens with one attached hydrogen (secondary N) is 1. The van der Waals surface area contributed by atoms with Crippen LogP contribution in [0.4, 0.5) is 4.39 Å². The molecule has 1 spiro atoms. The van der Waals surface area contributed by atoms with Crippen molar-refractivity contribution in [1.82, 2.24) is 5.32 Å². The summed E-state index contributed by atoms with van der Waals surface area (Å²) in [6.07, 6.45) is 5.62. The van der Waals surface area contributed by atoms with Gasteiger partial charge in [-0.15, -0.1) is 0 Å². The Kier molecular flexibility index (Phi) is 3.08. The van der Waals surface area contributed by atoms with E-state index in [4.69, 9.17) is 0 Å². The zero-order chi connectivity index (χ0) is 13.3. The summed E-state index contributed by atoms with van der Waals surface area (Å²) in [5, 5.41) is 2.77. The van der Waals surface area contributed by atoms with E-state index >= 15 is 0 Å². The summed E-state index contributed by atoms with van der Waals surface area (Å²) in [7, 11) is 0. The van der Waals surface area contributed by atoms with Gasteiger partial charge in [-0.1, -0.05) is 43.2 Å². The van der Waals surface area contributed by atoms with Crippen molar-refractivity contribution < 1.29 is 9.18 Å². The van der Waals surface area contributed by atoms with Crippen LogP contribution in [0.25, 0.3) is 0 Å². The van der Waals surface area contributed by atoms with Gasteiger partial charge in [-0.25, -0.2) is 4.39 Å². The van der Waals surface area contributed by atoms with Crippen molar-refractivity contribution in [3.05, 3.63) is 35.9 Å². The van der Waals surface area contributed by atoms with E-state index in [2.05, 4.69) is 5.32 Å². The van der Waals surface area contributed by atoms with Crippen LogP contribution in [-0.4, -0.2) is 19.1 Å². The van der Waals surface area contributed by atoms with Crippen molar-refractivity contribution in [2.45, 2.75) is 37.5 Å². The van der Waals surface area contributed by atoms with Crippen molar-refractivity contribution in [2.75, 3.05) is 13.2 Å². The molecule has 1 N–H and O–H groups in total. The lowest BCUT2D eigenvalue weighted by Crippen LogP contribution is -2.39. The lowest BCUT2D eigenvalue weighted by molar-refractivity contribution is -0.124. The predicted octanol–water partition coefficient (Wildman–Crippen LogP) is 2.97. The van der Waals surface area contributed by atoms with Crippen LogP contribution >= 0.6 is 0 Å². The third-order valence-corrected chi connectivity index (χ3v) is 4.98. The monoisotopic (exact) mass is 261 g/mol. The first-order valence-corrected chi connectivity index (χ1v) is 7.15. The Bertz CT molecular complexity index is 467. The minimum atomic E-state index is -0.496. The maximum atomic E-state index is 12.6. The van der Waals surface area contributed by atoms with Gasteiger partial charge in [0.15, 0.2) is 0 Å². The molecule has 1 atom stereocenters. The molecular weight excluding hydrogens is 241 g/mol. The lowest BCUT2D eigenvalue weighted by Gasteiger charge is -2.22. The maximum absolute atomic E-state index is 12.6. The van der Waals surface area contributed by atoms with Gasteiger partial charge in [-0.3, -0.25) is 4.79 Å². The van der Waals surface area contributed by atoms with Crippen LogP contribution in [0.2, 0.25) is 0 Å². The number of halogens is 1. The van der Waals surface area contributed by atoms with E-state index in [-0.39, 0.29) is 23.3 Å². The van der Waals surface area contributed by atoms with Crippen molar-refractivity contribution in [3.63, 3.8) is 0 Å². The first-order chi connectivity index (χ1) is 9.25. The highest BCUT2D eigenvalue weighted by Gasteiger charge is 2.72. The predicted molar refractivity (Wildman–Crippen MR) is 72.6 cm³/mol. The first-order valence-electron chi connectivity index (χ1n) is 7.15. The van der Waals surface area contributed by atoms with Crippen LogP contribution < -0.4 is 5.32 Å². The van der Waals surface area contributed by atoms with Gasteiger partial charge in [-0.05, 0) is 30.2 Å². The number of carbonyl (C=O) groups is 1. The fourth-order valence-corrected chi connectivity index (χ4v) is 4.01. The topological polar surface area (TPSA) is 29.1 Å². The van der Waals surface area contributed by atoms with E-state index in [1.165, 1.54) is 12.8 Å². The number of benzene rings is 1. The SMILES string of the molecule is O=C(NCCF)[C@]1(c2ccccc2)CC12CCCC2. The summed E-state index contributed by atoms with van der Waals surface area (Å²) in [6.45, 7) is -0.368. The molecule has 2 nitrogen and oxygen atoms in total. The third kappa shape index (κ3) is 1.78. The van der Waals surface area contributed by atoms with E-state index < -0.39 is 6.67 Å². The van der Waals surface area contributed by atoms with E-state index in [9.17, 15) is 9.18 Å². The van der Waals surface area contributed by atoms with Crippen LogP contribution in [0.1, 0.15) is 37.7 Å². The summed E-state index contributed by atoms with van der Waals surface area (Å²) in [4.78, 5) is 12.6. The molecule has 19 heavy (non-hydrogen) atoms. The van der Waals surface area contributed by atoms with E-state index in [0.29, 0.717) is 0 Å². The van der Waals surface area contributed by atoms with Crippen LogP contribution in [-0.2, 0) is 10.2 Å². The molecule has 1 amide bonds. The van der Waals surface area contributed by atoms with E-state index in [1.54, 1.807) is 0 Å². The normalized spacial score (nSPS) is 27.4. The number of hydrogen-bond acceptors (Lipinski definition) is 1. The van der Waals surface area contributed by atoms with Gasteiger partial charge in [0, 0.05) is 6.54 Å². The molecule has 2 fully saturated rings. The average molecular weight is 261 g/mol. The molecule has 2 aliphatic carbocycles. The molecular formula is C16H20FNO. The first kappa shape index (κ1) is 12.6. The van der Waals surface area contributed by atoms with Gasteiger partial charge < -0.3 is 5.32 Å². The Morgan fingerprint density at radius 2 is 1.89 bits per heavy atom. The molecule has 0 aliphatic heterocycles. The average Bonchev–Trinajstić information content (AvgIpc) is 2.86. The Morgan fingerprint density at radius 3 is 2.53 bits per heavy atom. The largest absolute Gasteiger partial charge is 0.353 e. The third-order valence-electron chi connectivity index (χ3n) is 4.98. The second-order valence-electron chi connectivity index (χ2n) is 5.88. The summed E-state index contributed by atoms with van der Waals surface area (Å²) >= 11 is 0. The molecule has 0 radical (unpaired) electrons. The van der Waals surface area contributed by atoms with Gasteiger partial charge in [0.25, 0.3) is 0 Å². The smallest absolute Gasteiger partial charge is 0.231 e. The van der Waals surface area contributed by atoms with Gasteiger partial charge in [0.1, 0.15) is 6.67 Å². The summed E-state index contributed by atoms with van der Waals surface area (Å²) in [5.74, 6) is 0.0262. The van der Waals surface area contributed by atoms with Gasteiger partial charge in [-0.2, -0.15) is 0 Å². The quantitative estimate of drug-likeness (QED) is 0.887. The Hall–Kier alpha value is -1.38. The molecule has 1 aromatic rings. The van der Waals surface area contributed by atoms with Gasteiger partial charge in [0.05, 0.1) is 5.41 Å². The molecule has 0 unspecified atom stereocenters. The minimum absolute atomic E-state index is 0.0262. The molecule has 0 heterocycles. The number of amides is 1. The van der Waals surface area contributed by atoms with Crippen molar-refractivity contribution >= 4 is 5.91 Å². The second-order valence-corrected chi connectivity index (χ2v) is 5.88. The molecule has 0 bridgehead atoms. The van der Waals surface area contributed by atoms with Crippen LogP contribution in [0.5, 0.6) is 0 Å². The molecule has 3 rings (SSSR count). The van der Waals surface area contributed by atoms with Crippen molar-refractivity contribution in [1.29, 1.82) is 0 Å². The van der Waals surface area contributed by atoms with E-state index in [1.807, 2.05) is 30.3 Å². The number of hydrogen-bond donors (Lipinski definition) is 1. The molecule has 2 aliphatic rings. The van der Waals surface area contributed by atoms with Crippen LogP contribution in [0, 0.1) is 5.41 Å². The maximum Gasteiger partial charge on any atom is 0.231 e. The molecule has 3 heteroatoms. The van der Waals surface area contributed by atoms with Crippen LogP contribution in [0.15, 0.2) is 30.3 Å². The van der Waals surface area contributed by atoms with Gasteiger partial charge >= 0.3 is 0 Å². The number of carbonyl (C=O) groups excluding carboxylic acids is 1. The van der Waals surface area contributed by atoms with Crippen molar-refractivity contribution in [2.24, 2.45) is 5.41 Å². The Morgan fingerprint density at radius 1 is 1.21 bits per heavy atom. The minimum Gasteiger partial charge on any atom is -0.353 e. The summed E-state index contributed by atoms with van der Waals surface area (Å²) in [6, 6.07) is 10.0. The highest BCUT2D eigenvalue weighted by atomic mass is 19.1. The fraction of sp³-hybridized carbons (Fsp3) is 0.562. The molecule has 102 valence electrons. The summed E-state index contributed by atoms with van der Waals surface area (Å²) < 4.78 is 12.3. The fourth-order valence-electron chi connectivity index (χ4n) is 4.01. The molecule has 1 aromatic carbocycles. The van der Waals surface area contributed by atoms with Crippen molar-refractivity contribution in [3.8, 4) is 0 Å². The zero-order valence-corrected chi connectivity index (χ0v) is 11.1. The number of alkyl halides is 1. The van der Waals surface area contributed by atoms with Crippen LogP contribution in [0.3, 0.4) is 0 Å². The van der Waals surface area contributed by atoms with Gasteiger partial charge in [0.2, 0.25) is 5.91 Å². The zero-order valence-electron chi connectivity index (χ0n) is 11.1. The lowest BCUT2D eigenvalue weighted by atomic mass is 9.84.